The SMILES string of the molecule is Cc1nc(-c2ccc(NC(=O)c3cnc(C4CC4)nc3)cc2)n[nH]1. The minimum atomic E-state index is -0.223. The largest absolute Gasteiger partial charge is 0.322 e. The Kier molecular flexibility index (Phi) is 3.53. The predicted molar refractivity (Wildman–Crippen MR) is 88.5 cm³/mol. The Morgan fingerprint density at radius 3 is 2.46 bits per heavy atom. The highest BCUT2D eigenvalue weighted by Crippen LogP contribution is 2.37. The Hall–Kier alpha value is -3.09. The van der Waals surface area contributed by atoms with Crippen molar-refractivity contribution in [3.63, 3.8) is 0 Å². The van der Waals surface area contributed by atoms with Crippen LogP contribution >= 0.6 is 0 Å². The molecular weight excluding hydrogens is 304 g/mol. The van der Waals surface area contributed by atoms with Crippen LogP contribution in [-0.4, -0.2) is 31.1 Å². The van der Waals surface area contributed by atoms with Crippen molar-refractivity contribution in [1.29, 1.82) is 0 Å². The van der Waals surface area contributed by atoms with E-state index in [0.29, 0.717) is 23.0 Å². The summed E-state index contributed by atoms with van der Waals surface area (Å²) in [5, 5.41) is 9.76. The van der Waals surface area contributed by atoms with Crippen molar-refractivity contribution in [1.82, 2.24) is 25.1 Å². The van der Waals surface area contributed by atoms with Gasteiger partial charge in [-0.25, -0.2) is 15.0 Å². The van der Waals surface area contributed by atoms with Crippen molar-refractivity contribution in [2.24, 2.45) is 0 Å². The van der Waals surface area contributed by atoms with E-state index in [0.717, 1.165) is 30.1 Å². The van der Waals surface area contributed by atoms with E-state index >= 15 is 0 Å². The second-order valence-electron chi connectivity index (χ2n) is 5.88. The van der Waals surface area contributed by atoms with Crippen LogP contribution in [0.2, 0.25) is 0 Å². The Morgan fingerprint density at radius 1 is 1.17 bits per heavy atom. The van der Waals surface area contributed by atoms with Gasteiger partial charge in [-0.1, -0.05) is 0 Å². The Labute approximate surface area is 138 Å². The summed E-state index contributed by atoms with van der Waals surface area (Å²) in [5.74, 6) is 2.48. The van der Waals surface area contributed by atoms with E-state index in [1.54, 1.807) is 12.4 Å². The van der Waals surface area contributed by atoms with Gasteiger partial charge < -0.3 is 5.32 Å². The number of carbonyl (C=O) groups is 1. The molecule has 3 aromatic rings. The van der Waals surface area contributed by atoms with Crippen LogP contribution in [0.1, 0.15) is 40.8 Å². The summed E-state index contributed by atoms with van der Waals surface area (Å²) in [6, 6.07) is 7.37. The van der Waals surface area contributed by atoms with Gasteiger partial charge in [-0.15, -0.1) is 0 Å². The number of carbonyl (C=O) groups excluding carboxylic acids is 1. The van der Waals surface area contributed by atoms with Crippen LogP contribution in [0, 0.1) is 6.92 Å². The third-order valence-electron chi connectivity index (χ3n) is 3.87. The molecule has 0 atom stereocenters. The fourth-order valence-electron chi connectivity index (χ4n) is 2.39. The number of rotatable bonds is 4. The quantitative estimate of drug-likeness (QED) is 0.770. The van der Waals surface area contributed by atoms with Gasteiger partial charge in [0.05, 0.1) is 5.56 Å². The molecule has 24 heavy (non-hydrogen) atoms. The summed E-state index contributed by atoms with van der Waals surface area (Å²) in [7, 11) is 0. The molecule has 4 rings (SSSR count). The van der Waals surface area contributed by atoms with Gasteiger partial charge >= 0.3 is 0 Å². The first-order valence-corrected chi connectivity index (χ1v) is 7.82. The molecule has 0 aliphatic heterocycles. The first-order valence-electron chi connectivity index (χ1n) is 7.82. The van der Waals surface area contributed by atoms with Gasteiger partial charge in [0, 0.05) is 29.6 Å². The van der Waals surface area contributed by atoms with Crippen molar-refractivity contribution in [3.8, 4) is 11.4 Å². The maximum absolute atomic E-state index is 12.2. The number of aromatic nitrogens is 5. The third-order valence-corrected chi connectivity index (χ3v) is 3.87. The van der Waals surface area contributed by atoms with Gasteiger partial charge in [0.15, 0.2) is 5.82 Å². The van der Waals surface area contributed by atoms with Crippen LogP contribution in [0.15, 0.2) is 36.7 Å². The third kappa shape index (κ3) is 3.01. The van der Waals surface area contributed by atoms with Gasteiger partial charge in [0.25, 0.3) is 5.91 Å². The molecule has 2 heterocycles. The molecule has 0 unspecified atom stereocenters. The van der Waals surface area contributed by atoms with E-state index in [9.17, 15) is 4.79 Å². The van der Waals surface area contributed by atoms with E-state index in [1.165, 1.54) is 0 Å². The molecule has 0 radical (unpaired) electrons. The maximum atomic E-state index is 12.2. The minimum absolute atomic E-state index is 0.223. The van der Waals surface area contributed by atoms with Crippen molar-refractivity contribution in [2.75, 3.05) is 5.32 Å². The summed E-state index contributed by atoms with van der Waals surface area (Å²) in [5.41, 5.74) is 2.03. The van der Waals surface area contributed by atoms with Gasteiger partial charge in [-0.05, 0) is 44.0 Å². The van der Waals surface area contributed by atoms with Gasteiger partial charge in [-0.2, -0.15) is 5.10 Å². The van der Waals surface area contributed by atoms with Crippen LogP contribution in [0.4, 0.5) is 5.69 Å². The number of hydrogen-bond acceptors (Lipinski definition) is 5. The summed E-state index contributed by atoms with van der Waals surface area (Å²) >= 11 is 0. The van der Waals surface area contributed by atoms with Crippen molar-refractivity contribution >= 4 is 11.6 Å². The van der Waals surface area contributed by atoms with Crippen molar-refractivity contribution in [2.45, 2.75) is 25.7 Å². The highest BCUT2D eigenvalue weighted by atomic mass is 16.1. The normalized spacial score (nSPS) is 13.7. The van der Waals surface area contributed by atoms with E-state index in [4.69, 9.17) is 0 Å². The predicted octanol–water partition coefficient (Wildman–Crippen LogP) is 2.70. The lowest BCUT2D eigenvalue weighted by Gasteiger charge is -2.06. The number of hydrogen-bond donors (Lipinski definition) is 2. The van der Waals surface area contributed by atoms with Crippen molar-refractivity contribution in [3.05, 3.63) is 53.9 Å². The zero-order valence-electron chi connectivity index (χ0n) is 13.2. The molecule has 2 aromatic heterocycles. The molecule has 1 aliphatic carbocycles. The fourth-order valence-corrected chi connectivity index (χ4v) is 2.39. The van der Waals surface area contributed by atoms with Gasteiger partial charge in [0.2, 0.25) is 0 Å². The van der Waals surface area contributed by atoms with Crippen LogP contribution in [-0.2, 0) is 0 Å². The second kappa shape index (κ2) is 5.84. The number of aromatic amines is 1. The molecular formula is C17H16N6O. The highest BCUT2D eigenvalue weighted by molar-refractivity contribution is 6.03. The molecule has 1 aliphatic rings. The minimum Gasteiger partial charge on any atom is -0.322 e. The zero-order chi connectivity index (χ0) is 16.5. The lowest BCUT2D eigenvalue weighted by Crippen LogP contribution is -2.13. The van der Waals surface area contributed by atoms with Crippen LogP contribution in [0.25, 0.3) is 11.4 Å². The van der Waals surface area contributed by atoms with E-state index < -0.39 is 0 Å². The molecule has 120 valence electrons. The van der Waals surface area contributed by atoms with Crippen molar-refractivity contribution < 1.29 is 4.79 Å². The Bertz CT molecular complexity index is 865. The first kappa shape index (κ1) is 14.5. The summed E-state index contributed by atoms with van der Waals surface area (Å²) in [6.45, 7) is 1.85. The topological polar surface area (TPSA) is 96.5 Å². The average molecular weight is 320 g/mol. The fraction of sp³-hybridized carbons (Fsp3) is 0.235. The number of aryl methyl sites for hydroxylation is 1. The second-order valence-corrected chi connectivity index (χ2v) is 5.88. The zero-order valence-corrected chi connectivity index (χ0v) is 13.2. The molecule has 1 aromatic carbocycles. The number of nitrogens with zero attached hydrogens (tertiary/aromatic N) is 4. The number of anilines is 1. The Morgan fingerprint density at radius 2 is 1.88 bits per heavy atom. The van der Waals surface area contributed by atoms with Crippen LogP contribution < -0.4 is 5.32 Å². The summed E-state index contributed by atoms with van der Waals surface area (Å²) in [4.78, 5) is 25.1. The summed E-state index contributed by atoms with van der Waals surface area (Å²) < 4.78 is 0. The number of benzene rings is 1. The first-order chi connectivity index (χ1) is 11.7. The molecule has 2 N–H and O–H groups in total. The molecule has 1 saturated carbocycles. The average Bonchev–Trinajstić information content (AvgIpc) is 3.37. The monoisotopic (exact) mass is 320 g/mol. The maximum Gasteiger partial charge on any atom is 0.258 e. The van der Waals surface area contributed by atoms with Gasteiger partial charge in [-0.3, -0.25) is 9.89 Å². The number of H-pyrrole nitrogens is 1. The van der Waals surface area contributed by atoms with Gasteiger partial charge in [0.1, 0.15) is 11.6 Å². The lowest BCUT2D eigenvalue weighted by molar-refractivity contribution is 0.102. The Balaban J connectivity index is 1.45. The molecule has 1 amide bonds. The standard InChI is InChI=1S/C17H16N6O/c1-10-20-16(23-22-10)12-4-6-14(7-5-12)21-17(24)13-8-18-15(19-9-13)11-2-3-11/h4-9,11H,2-3H2,1H3,(H,21,24)(H,20,22,23). The number of nitrogens with one attached hydrogen (secondary N) is 2. The summed E-state index contributed by atoms with van der Waals surface area (Å²) in [6.07, 6.45) is 5.45. The van der Waals surface area contributed by atoms with Crippen LogP contribution in [0.3, 0.4) is 0 Å². The lowest BCUT2D eigenvalue weighted by atomic mass is 10.2. The molecule has 0 spiro atoms. The van der Waals surface area contributed by atoms with Crippen LogP contribution in [0.5, 0.6) is 0 Å². The molecule has 1 fully saturated rings. The highest BCUT2D eigenvalue weighted by Gasteiger charge is 2.26. The molecule has 0 bridgehead atoms. The molecule has 0 saturated heterocycles. The van der Waals surface area contributed by atoms with E-state index in [-0.39, 0.29) is 5.91 Å². The molecule has 7 nitrogen and oxygen atoms in total. The van der Waals surface area contributed by atoms with E-state index in [2.05, 4.69) is 30.5 Å². The van der Waals surface area contributed by atoms with E-state index in [1.807, 2.05) is 31.2 Å². The number of amides is 1. The molecule has 7 heteroatoms. The smallest absolute Gasteiger partial charge is 0.258 e.